The van der Waals surface area contributed by atoms with Crippen molar-refractivity contribution in [2.45, 2.75) is 0 Å². The summed E-state index contributed by atoms with van der Waals surface area (Å²) in [7, 11) is 1.56. The molecule has 0 radical (unpaired) electrons. The number of hydrogen-bond acceptors (Lipinski definition) is 3. The molecule has 2 aromatic rings. The third-order valence-corrected chi connectivity index (χ3v) is 2.57. The minimum Gasteiger partial charge on any atom is -0.497 e. The van der Waals surface area contributed by atoms with E-state index in [2.05, 4.69) is 6.07 Å². The van der Waals surface area contributed by atoms with Gasteiger partial charge in [-0.2, -0.15) is 5.26 Å². The maximum atomic E-state index is 9.02. The van der Waals surface area contributed by atoms with E-state index in [4.69, 9.17) is 26.3 Å². The summed E-state index contributed by atoms with van der Waals surface area (Å²) < 4.78 is 10.7. The minimum absolute atomic E-state index is 0.441. The Hall–Kier alpha value is -2.18. The largest absolute Gasteiger partial charge is 0.497 e. The van der Waals surface area contributed by atoms with Crippen molar-refractivity contribution in [3.63, 3.8) is 0 Å². The second kappa shape index (κ2) is 5.44. The molecular weight excluding hydrogens is 250 g/mol. The maximum absolute atomic E-state index is 9.02. The van der Waals surface area contributed by atoms with Crippen molar-refractivity contribution in [1.82, 2.24) is 0 Å². The van der Waals surface area contributed by atoms with Gasteiger partial charge in [-0.1, -0.05) is 17.7 Å². The predicted octanol–water partition coefficient (Wildman–Crippen LogP) is 4.01. The zero-order chi connectivity index (χ0) is 13.0. The van der Waals surface area contributed by atoms with Crippen LogP contribution in [0.3, 0.4) is 0 Å². The van der Waals surface area contributed by atoms with Gasteiger partial charge >= 0.3 is 0 Å². The molecule has 0 fully saturated rings. The van der Waals surface area contributed by atoms with Crippen LogP contribution in [0.25, 0.3) is 0 Å². The fourth-order valence-corrected chi connectivity index (χ4v) is 1.64. The summed E-state index contributed by atoms with van der Waals surface area (Å²) >= 11 is 5.87. The normalized spacial score (nSPS) is 9.61. The van der Waals surface area contributed by atoms with Gasteiger partial charge in [-0.15, -0.1) is 0 Å². The first-order chi connectivity index (χ1) is 8.72. The van der Waals surface area contributed by atoms with Crippen LogP contribution in [0.15, 0.2) is 42.5 Å². The van der Waals surface area contributed by atoms with E-state index in [9.17, 15) is 0 Å². The SMILES string of the molecule is COc1ccc(C#N)c(Oc2cccc(Cl)c2)c1. The van der Waals surface area contributed by atoms with E-state index in [-0.39, 0.29) is 0 Å². The molecule has 0 heterocycles. The smallest absolute Gasteiger partial charge is 0.148 e. The zero-order valence-electron chi connectivity index (χ0n) is 9.68. The Labute approximate surface area is 110 Å². The van der Waals surface area contributed by atoms with Gasteiger partial charge < -0.3 is 9.47 Å². The fourth-order valence-electron chi connectivity index (χ4n) is 1.46. The first kappa shape index (κ1) is 12.3. The number of benzene rings is 2. The van der Waals surface area contributed by atoms with Crippen LogP contribution in [0.5, 0.6) is 17.2 Å². The topological polar surface area (TPSA) is 42.2 Å². The van der Waals surface area contributed by atoms with Gasteiger partial charge in [0.1, 0.15) is 23.3 Å². The summed E-state index contributed by atoms with van der Waals surface area (Å²) in [6, 6.07) is 14.1. The third-order valence-electron chi connectivity index (χ3n) is 2.33. The van der Waals surface area contributed by atoms with Crippen molar-refractivity contribution in [3.8, 4) is 23.3 Å². The summed E-state index contributed by atoms with van der Waals surface area (Å²) in [5.41, 5.74) is 0.441. The summed E-state index contributed by atoms with van der Waals surface area (Å²) in [4.78, 5) is 0. The van der Waals surface area contributed by atoms with Crippen LogP contribution in [-0.2, 0) is 0 Å². The standard InChI is InChI=1S/C14H10ClNO2/c1-17-12-6-5-10(9-16)14(8-12)18-13-4-2-3-11(15)7-13/h2-8H,1H3. The van der Waals surface area contributed by atoms with Crippen molar-refractivity contribution in [2.24, 2.45) is 0 Å². The van der Waals surface area contributed by atoms with E-state index in [1.165, 1.54) is 0 Å². The van der Waals surface area contributed by atoms with Crippen molar-refractivity contribution in [3.05, 3.63) is 53.1 Å². The molecule has 0 aliphatic heterocycles. The highest BCUT2D eigenvalue weighted by Crippen LogP contribution is 2.30. The quantitative estimate of drug-likeness (QED) is 0.836. The molecule has 0 aromatic heterocycles. The molecule has 90 valence electrons. The summed E-state index contributed by atoms with van der Waals surface area (Å²) in [6.45, 7) is 0. The Bertz CT molecular complexity index is 605. The second-order valence-electron chi connectivity index (χ2n) is 3.53. The van der Waals surface area contributed by atoms with Gasteiger partial charge in [0, 0.05) is 11.1 Å². The van der Waals surface area contributed by atoms with Crippen LogP contribution in [-0.4, -0.2) is 7.11 Å². The molecule has 2 rings (SSSR count). The molecule has 0 aliphatic carbocycles. The second-order valence-corrected chi connectivity index (χ2v) is 3.97. The van der Waals surface area contributed by atoms with Gasteiger partial charge in [-0.3, -0.25) is 0 Å². The molecule has 3 nitrogen and oxygen atoms in total. The average molecular weight is 260 g/mol. The third kappa shape index (κ3) is 2.73. The average Bonchev–Trinajstić information content (AvgIpc) is 2.38. The van der Waals surface area contributed by atoms with Crippen molar-refractivity contribution in [1.29, 1.82) is 5.26 Å². The van der Waals surface area contributed by atoms with Crippen LogP contribution in [0.1, 0.15) is 5.56 Å². The lowest BCUT2D eigenvalue weighted by Gasteiger charge is -2.09. The molecule has 18 heavy (non-hydrogen) atoms. The molecule has 0 atom stereocenters. The molecule has 0 bridgehead atoms. The highest BCUT2D eigenvalue weighted by atomic mass is 35.5. The lowest BCUT2D eigenvalue weighted by atomic mass is 10.2. The Balaban J connectivity index is 2.36. The van der Waals surface area contributed by atoms with Crippen molar-refractivity contribution < 1.29 is 9.47 Å². The number of methoxy groups -OCH3 is 1. The van der Waals surface area contributed by atoms with Gasteiger partial charge in [0.25, 0.3) is 0 Å². The predicted molar refractivity (Wildman–Crippen MR) is 69.2 cm³/mol. The number of halogens is 1. The molecule has 0 aliphatic rings. The van der Waals surface area contributed by atoms with Gasteiger partial charge in [-0.05, 0) is 30.3 Å². The van der Waals surface area contributed by atoms with Gasteiger partial charge in [0.15, 0.2) is 0 Å². The Morgan fingerprint density at radius 2 is 1.94 bits per heavy atom. The summed E-state index contributed by atoms with van der Waals surface area (Å²) in [5.74, 6) is 1.65. The first-order valence-electron chi connectivity index (χ1n) is 5.24. The molecule has 0 spiro atoms. The number of nitrogens with zero attached hydrogens (tertiary/aromatic N) is 1. The minimum atomic E-state index is 0.441. The van der Waals surface area contributed by atoms with E-state index >= 15 is 0 Å². The van der Waals surface area contributed by atoms with E-state index in [1.807, 2.05) is 0 Å². The van der Waals surface area contributed by atoms with Crippen molar-refractivity contribution in [2.75, 3.05) is 7.11 Å². The number of rotatable bonds is 3. The van der Waals surface area contributed by atoms with Gasteiger partial charge in [0.05, 0.1) is 12.7 Å². The van der Waals surface area contributed by atoms with Crippen LogP contribution in [0.2, 0.25) is 5.02 Å². The number of ether oxygens (including phenoxy) is 2. The van der Waals surface area contributed by atoms with Crippen LogP contribution in [0.4, 0.5) is 0 Å². The van der Waals surface area contributed by atoms with Gasteiger partial charge in [-0.25, -0.2) is 0 Å². The molecule has 4 heteroatoms. The first-order valence-corrected chi connectivity index (χ1v) is 5.62. The lowest BCUT2D eigenvalue weighted by Crippen LogP contribution is -1.90. The molecule has 0 saturated carbocycles. The van der Waals surface area contributed by atoms with E-state index < -0.39 is 0 Å². The van der Waals surface area contributed by atoms with Crippen LogP contribution < -0.4 is 9.47 Å². The van der Waals surface area contributed by atoms with Crippen molar-refractivity contribution >= 4 is 11.6 Å². The number of hydrogen-bond donors (Lipinski definition) is 0. The molecular formula is C14H10ClNO2. The zero-order valence-corrected chi connectivity index (χ0v) is 10.4. The Kier molecular flexibility index (Phi) is 3.71. The highest BCUT2D eigenvalue weighted by Gasteiger charge is 2.07. The molecule has 0 saturated heterocycles. The summed E-state index contributed by atoms with van der Waals surface area (Å²) in [5, 5.41) is 9.60. The highest BCUT2D eigenvalue weighted by molar-refractivity contribution is 6.30. The van der Waals surface area contributed by atoms with Crippen LogP contribution >= 0.6 is 11.6 Å². The van der Waals surface area contributed by atoms with Crippen LogP contribution in [0, 0.1) is 11.3 Å². The Morgan fingerprint density at radius 1 is 1.11 bits per heavy atom. The van der Waals surface area contributed by atoms with Gasteiger partial charge in [0.2, 0.25) is 0 Å². The van der Waals surface area contributed by atoms with E-state index in [0.717, 1.165) is 0 Å². The van der Waals surface area contributed by atoms with E-state index in [1.54, 1.807) is 49.6 Å². The Morgan fingerprint density at radius 3 is 2.61 bits per heavy atom. The fraction of sp³-hybridized carbons (Fsp3) is 0.0714. The molecule has 0 N–H and O–H groups in total. The summed E-state index contributed by atoms with van der Waals surface area (Å²) in [6.07, 6.45) is 0. The number of nitriles is 1. The maximum Gasteiger partial charge on any atom is 0.148 e. The lowest BCUT2D eigenvalue weighted by molar-refractivity contribution is 0.409. The molecule has 0 amide bonds. The van der Waals surface area contributed by atoms with E-state index in [0.29, 0.717) is 27.8 Å². The molecule has 0 unspecified atom stereocenters. The monoisotopic (exact) mass is 259 g/mol. The molecule has 2 aromatic carbocycles.